The van der Waals surface area contributed by atoms with Gasteiger partial charge >= 0.3 is 5.97 Å². The third-order valence-electron chi connectivity index (χ3n) is 2.40. The summed E-state index contributed by atoms with van der Waals surface area (Å²) < 4.78 is 5.39. The van der Waals surface area contributed by atoms with Crippen LogP contribution in [0.2, 0.25) is 0 Å². The first-order valence-electron chi connectivity index (χ1n) is 5.72. The highest BCUT2D eigenvalue weighted by atomic mass is 16.5. The van der Waals surface area contributed by atoms with Gasteiger partial charge in [0, 0.05) is 13.0 Å². The van der Waals surface area contributed by atoms with E-state index in [1.165, 1.54) is 0 Å². The van der Waals surface area contributed by atoms with Crippen LogP contribution in [-0.2, 0) is 9.53 Å². The van der Waals surface area contributed by atoms with E-state index >= 15 is 0 Å². The van der Waals surface area contributed by atoms with Gasteiger partial charge in [0.1, 0.15) is 6.10 Å². The number of aliphatic hydroxyl groups is 1. The summed E-state index contributed by atoms with van der Waals surface area (Å²) in [6, 6.07) is 0. The van der Waals surface area contributed by atoms with Gasteiger partial charge in [-0.25, -0.2) is 0 Å². The summed E-state index contributed by atoms with van der Waals surface area (Å²) in [5, 5.41) is 8.58. The quantitative estimate of drug-likeness (QED) is 0.548. The van der Waals surface area contributed by atoms with Crippen molar-refractivity contribution in [3.8, 4) is 0 Å². The SMILES string of the molecule is CCC(OC(=O)CCCCO)C(C)(C)C. The molecule has 0 aliphatic rings. The fraction of sp³-hybridized carbons (Fsp3) is 0.917. The molecule has 3 nitrogen and oxygen atoms in total. The second-order valence-corrected chi connectivity index (χ2v) is 4.93. The molecule has 0 saturated heterocycles. The first-order valence-corrected chi connectivity index (χ1v) is 5.72. The molecule has 0 aromatic carbocycles. The van der Waals surface area contributed by atoms with Crippen molar-refractivity contribution < 1.29 is 14.6 Å². The van der Waals surface area contributed by atoms with Gasteiger partial charge in [-0.05, 0) is 24.7 Å². The van der Waals surface area contributed by atoms with E-state index in [0.717, 1.165) is 6.42 Å². The Morgan fingerprint density at radius 2 is 1.93 bits per heavy atom. The third-order valence-corrected chi connectivity index (χ3v) is 2.40. The molecule has 3 heteroatoms. The number of hydrogen-bond acceptors (Lipinski definition) is 3. The molecule has 0 rings (SSSR count). The Hall–Kier alpha value is -0.570. The molecule has 0 spiro atoms. The molecule has 90 valence electrons. The summed E-state index contributed by atoms with van der Waals surface area (Å²) in [6.45, 7) is 8.38. The molecule has 1 atom stereocenters. The van der Waals surface area contributed by atoms with Crippen molar-refractivity contribution in [2.75, 3.05) is 6.61 Å². The molecule has 0 aromatic heterocycles. The first-order chi connectivity index (χ1) is 6.91. The van der Waals surface area contributed by atoms with Crippen molar-refractivity contribution in [1.29, 1.82) is 0 Å². The van der Waals surface area contributed by atoms with Crippen molar-refractivity contribution in [3.63, 3.8) is 0 Å². The van der Waals surface area contributed by atoms with Crippen LogP contribution < -0.4 is 0 Å². The van der Waals surface area contributed by atoms with E-state index in [0.29, 0.717) is 19.3 Å². The molecular weight excluding hydrogens is 192 g/mol. The van der Waals surface area contributed by atoms with Gasteiger partial charge in [-0.15, -0.1) is 0 Å². The molecule has 15 heavy (non-hydrogen) atoms. The molecule has 0 heterocycles. The highest BCUT2D eigenvalue weighted by Gasteiger charge is 2.26. The Bertz CT molecular complexity index is 182. The second-order valence-electron chi connectivity index (χ2n) is 4.93. The van der Waals surface area contributed by atoms with Gasteiger partial charge < -0.3 is 9.84 Å². The summed E-state index contributed by atoms with van der Waals surface area (Å²) in [7, 11) is 0. The Kier molecular flexibility index (Phi) is 6.57. The molecule has 0 radical (unpaired) electrons. The van der Waals surface area contributed by atoms with Crippen LogP contribution in [0.4, 0.5) is 0 Å². The van der Waals surface area contributed by atoms with Gasteiger partial charge in [0.05, 0.1) is 0 Å². The lowest BCUT2D eigenvalue weighted by Gasteiger charge is -2.29. The zero-order valence-corrected chi connectivity index (χ0v) is 10.4. The van der Waals surface area contributed by atoms with Gasteiger partial charge in [0.15, 0.2) is 0 Å². The summed E-state index contributed by atoms with van der Waals surface area (Å²) in [5.74, 6) is -0.148. The standard InChI is InChI=1S/C12H24O3/c1-5-10(12(2,3)4)15-11(14)8-6-7-9-13/h10,13H,5-9H2,1-4H3. The predicted molar refractivity (Wildman–Crippen MR) is 60.6 cm³/mol. The number of ether oxygens (including phenoxy) is 1. The maximum absolute atomic E-state index is 11.4. The van der Waals surface area contributed by atoms with Crippen molar-refractivity contribution in [2.24, 2.45) is 5.41 Å². The summed E-state index contributed by atoms with van der Waals surface area (Å²) in [5.41, 5.74) is 0.00138. The normalized spacial score (nSPS) is 13.7. The summed E-state index contributed by atoms with van der Waals surface area (Å²) in [4.78, 5) is 11.4. The highest BCUT2D eigenvalue weighted by molar-refractivity contribution is 5.69. The van der Waals surface area contributed by atoms with Crippen LogP contribution in [0, 0.1) is 5.41 Å². The zero-order valence-electron chi connectivity index (χ0n) is 10.4. The molecule has 0 amide bonds. The summed E-state index contributed by atoms with van der Waals surface area (Å²) >= 11 is 0. The van der Waals surface area contributed by atoms with Crippen LogP contribution in [-0.4, -0.2) is 23.8 Å². The lowest BCUT2D eigenvalue weighted by atomic mass is 9.87. The van der Waals surface area contributed by atoms with Crippen molar-refractivity contribution in [3.05, 3.63) is 0 Å². The minimum absolute atomic E-state index is 0.00138. The minimum Gasteiger partial charge on any atom is -0.462 e. The van der Waals surface area contributed by atoms with E-state index in [1.807, 2.05) is 6.92 Å². The van der Waals surface area contributed by atoms with Gasteiger partial charge in [-0.1, -0.05) is 27.7 Å². The fourth-order valence-electron chi connectivity index (χ4n) is 1.47. The van der Waals surface area contributed by atoms with Crippen LogP contribution >= 0.6 is 0 Å². The molecule has 1 unspecified atom stereocenters. The van der Waals surface area contributed by atoms with Crippen LogP contribution in [0.15, 0.2) is 0 Å². The Labute approximate surface area is 92.8 Å². The van der Waals surface area contributed by atoms with Gasteiger partial charge in [0.2, 0.25) is 0 Å². The largest absolute Gasteiger partial charge is 0.462 e. The number of aliphatic hydroxyl groups excluding tert-OH is 1. The fourth-order valence-corrected chi connectivity index (χ4v) is 1.47. The first kappa shape index (κ1) is 14.4. The molecule has 0 fully saturated rings. The minimum atomic E-state index is -0.148. The second kappa shape index (κ2) is 6.83. The predicted octanol–water partition coefficient (Wildman–Crippen LogP) is 2.52. The lowest BCUT2D eigenvalue weighted by Crippen LogP contribution is -2.31. The number of carbonyl (C=O) groups is 1. The number of carbonyl (C=O) groups excluding carboxylic acids is 1. The van der Waals surface area contributed by atoms with E-state index in [4.69, 9.17) is 9.84 Å². The number of rotatable bonds is 6. The monoisotopic (exact) mass is 216 g/mol. The van der Waals surface area contributed by atoms with E-state index in [9.17, 15) is 4.79 Å². The Balaban J connectivity index is 3.92. The van der Waals surface area contributed by atoms with Crippen LogP contribution in [0.5, 0.6) is 0 Å². The molecule has 1 N–H and O–H groups in total. The van der Waals surface area contributed by atoms with Crippen LogP contribution in [0.25, 0.3) is 0 Å². The molecule has 0 aromatic rings. The maximum Gasteiger partial charge on any atom is 0.306 e. The molecular formula is C12H24O3. The lowest BCUT2D eigenvalue weighted by molar-refractivity contribution is -0.155. The molecule has 0 bridgehead atoms. The Morgan fingerprint density at radius 1 is 1.33 bits per heavy atom. The van der Waals surface area contributed by atoms with E-state index < -0.39 is 0 Å². The van der Waals surface area contributed by atoms with Gasteiger partial charge in [-0.3, -0.25) is 4.79 Å². The average molecular weight is 216 g/mol. The number of unbranched alkanes of at least 4 members (excludes halogenated alkanes) is 1. The van der Waals surface area contributed by atoms with E-state index in [-0.39, 0.29) is 24.1 Å². The summed E-state index contributed by atoms with van der Waals surface area (Å²) in [6.07, 6.45) is 2.61. The van der Waals surface area contributed by atoms with Crippen LogP contribution in [0.1, 0.15) is 53.4 Å². The van der Waals surface area contributed by atoms with Gasteiger partial charge in [0.25, 0.3) is 0 Å². The van der Waals surface area contributed by atoms with Gasteiger partial charge in [-0.2, -0.15) is 0 Å². The van der Waals surface area contributed by atoms with E-state index in [1.54, 1.807) is 0 Å². The maximum atomic E-state index is 11.4. The average Bonchev–Trinajstić information content (AvgIpc) is 2.12. The zero-order chi connectivity index (χ0) is 11.9. The smallest absolute Gasteiger partial charge is 0.306 e. The number of esters is 1. The number of hydrogen-bond donors (Lipinski definition) is 1. The van der Waals surface area contributed by atoms with Crippen molar-refractivity contribution in [1.82, 2.24) is 0 Å². The van der Waals surface area contributed by atoms with Crippen molar-refractivity contribution >= 4 is 5.97 Å². The molecule has 0 aliphatic carbocycles. The topological polar surface area (TPSA) is 46.5 Å². The van der Waals surface area contributed by atoms with Crippen LogP contribution in [0.3, 0.4) is 0 Å². The Morgan fingerprint density at radius 3 is 2.33 bits per heavy atom. The third kappa shape index (κ3) is 6.50. The van der Waals surface area contributed by atoms with E-state index in [2.05, 4.69) is 20.8 Å². The highest BCUT2D eigenvalue weighted by Crippen LogP contribution is 2.25. The molecule has 0 aliphatic heterocycles. The van der Waals surface area contributed by atoms with Crippen molar-refractivity contribution in [2.45, 2.75) is 59.5 Å². The molecule has 0 saturated carbocycles.